The Hall–Kier alpha value is -1.31. The molecule has 0 fully saturated rings. The zero-order valence-electron chi connectivity index (χ0n) is 14.1. The summed E-state index contributed by atoms with van der Waals surface area (Å²) in [5.41, 5.74) is 0. The van der Waals surface area contributed by atoms with Crippen molar-refractivity contribution in [3.63, 3.8) is 0 Å². The van der Waals surface area contributed by atoms with E-state index < -0.39 is 0 Å². The molecular formula is C20H32O2. The predicted molar refractivity (Wildman–Crippen MR) is 93.8 cm³/mol. The SMILES string of the molecule is CCCC1CCCC/C=C\C/C=C\C/C=C\CCCC(=O)O1. The summed E-state index contributed by atoms with van der Waals surface area (Å²) < 4.78 is 5.64. The van der Waals surface area contributed by atoms with Gasteiger partial charge in [0.2, 0.25) is 0 Å². The lowest BCUT2D eigenvalue weighted by atomic mass is 10.1. The van der Waals surface area contributed by atoms with Crippen LogP contribution in [0.2, 0.25) is 0 Å². The van der Waals surface area contributed by atoms with Gasteiger partial charge < -0.3 is 4.74 Å². The van der Waals surface area contributed by atoms with Crippen molar-refractivity contribution in [2.45, 2.75) is 83.7 Å². The Labute approximate surface area is 136 Å². The number of carbonyl (C=O) groups is 1. The first-order valence-corrected chi connectivity index (χ1v) is 8.97. The van der Waals surface area contributed by atoms with E-state index in [1.165, 1.54) is 6.42 Å². The van der Waals surface area contributed by atoms with Gasteiger partial charge in [-0.3, -0.25) is 4.79 Å². The highest BCUT2D eigenvalue weighted by molar-refractivity contribution is 5.69. The van der Waals surface area contributed by atoms with Crippen molar-refractivity contribution in [2.75, 3.05) is 0 Å². The molecule has 1 unspecified atom stereocenters. The Morgan fingerprint density at radius 1 is 0.955 bits per heavy atom. The second-order valence-corrected chi connectivity index (χ2v) is 5.96. The largest absolute Gasteiger partial charge is 0.462 e. The van der Waals surface area contributed by atoms with E-state index in [1.54, 1.807) is 0 Å². The molecule has 0 aromatic carbocycles. The van der Waals surface area contributed by atoms with E-state index in [4.69, 9.17) is 4.74 Å². The van der Waals surface area contributed by atoms with Crippen LogP contribution in [-0.4, -0.2) is 12.1 Å². The standard InChI is InChI=1S/C20H32O2/c1-2-16-19-17-14-12-10-8-6-4-3-5-7-9-11-13-15-18-20(21)22-19/h3,5-6,8-9,11,19H,2,4,7,10,12-18H2,1H3/b5-3-,8-6-,11-9-. The lowest BCUT2D eigenvalue weighted by Gasteiger charge is -2.17. The molecule has 0 amide bonds. The number of esters is 1. The van der Waals surface area contributed by atoms with Crippen molar-refractivity contribution in [1.82, 2.24) is 0 Å². The summed E-state index contributed by atoms with van der Waals surface area (Å²) in [5, 5.41) is 0. The molecule has 0 radical (unpaired) electrons. The van der Waals surface area contributed by atoms with Gasteiger partial charge in [0.05, 0.1) is 0 Å². The molecule has 2 nitrogen and oxygen atoms in total. The van der Waals surface area contributed by atoms with Gasteiger partial charge in [-0.25, -0.2) is 0 Å². The van der Waals surface area contributed by atoms with E-state index in [0.717, 1.165) is 57.8 Å². The summed E-state index contributed by atoms with van der Waals surface area (Å²) in [6.07, 6.45) is 24.3. The smallest absolute Gasteiger partial charge is 0.306 e. The van der Waals surface area contributed by atoms with Gasteiger partial charge in [-0.2, -0.15) is 0 Å². The molecule has 22 heavy (non-hydrogen) atoms. The van der Waals surface area contributed by atoms with E-state index in [0.29, 0.717) is 6.42 Å². The van der Waals surface area contributed by atoms with Gasteiger partial charge in [-0.05, 0) is 57.8 Å². The summed E-state index contributed by atoms with van der Waals surface area (Å²) in [6.45, 7) is 2.15. The molecule has 1 rings (SSSR count). The Bertz CT molecular complexity index is 366. The van der Waals surface area contributed by atoms with E-state index in [9.17, 15) is 4.79 Å². The fourth-order valence-corrected chi connectivity index (χ4v) is 2.61. The highest BCUT2D eigenvalue weighted by Crippen LogP contribution is 2.14. The summed E-state index contributed by atoms with van der Waals surface area (Å²) in [7, 11) is 0. The molecule has 0 aromatic heterocycles. The number of carbonyl (C=O) groups excluding carboxylic acids is 1. The Kier molecular flexibility index (Phi) is 11.4. The van der Waals surface area contributed by atoms with Gasteiger partial charge >= 0.3 is 5.97 Å². The minimum Gasteiger partial charge on any atom is -0.462 e. The van der Waals surface area contributed by atoms with Crippen LogP contribution in [-0.2, 0) is 9.53 Å². The van der Waals surface area contributed by atoms with Crippen molar-refractivity contribution in [1.29, 1.82) is 0 Å². The molecule has 0 aromatic rings. The van der Waals surface area contributed by atoms with Crippen LogP contribution in [0, 0.1) is 0 Å². The van der Waals surface area contributed by atoms with Gasteiger partial charge in [0.1, 0.15) is 6.10 Å². The van der Waals surface area contributed by atoms with Gasteiger partial charge in [0, 0.05) is 6.42 Å². The Balaban J connectivity index is 2.46. The van der Waals surface area contributed by atoms with Crippen LogP contribution in [0.15, 0.2) is 36.5 Å². The molecule has 1 atom stereocenters. The first-order chi connectivity index (χ1) is 10.8. The second kappa shape index (κ2) is 13.4. The monoisotopic (exact) mass is 304 g/mol. The molecule has 0 aliphatic carbocycles. The topological polar surface area (TPSA) is 26.3 Å². The van der Waals surface area contributed by atoms with Gasteiger partial charge in [-0.15, -0.1) is 0 Å². The third-order valence-electron chi connectivity index (χ3n) is 3.85. The first kappa shape index (κ1) is 18.7. The van der Waals surface area contributed by atoms with E-state index in [2.05, 4.69) is 43.4 Å². The van der Waals surface area contributed by atoms with Crippen molar-refractivity contribution in [3.05, 3.63) is 36.5 Å². The van der Waals surface area contributed by atoms with E-state index >= 15 is 0 Å². The van der Waals surface area contributed by atoms with E-state index in [1.807, 2.05) is 0 Å². The lowest BCUT2D eigenvalue weighted by molar-refractivity contribution is -0.149. The fraction of sp³-hybridized carbons (Fsp3) is 0.650. The van der Waals surface area contributed by atoms with Crippen LogP contribution in [0.1, 0.15) is 77.6 Å². The third-order valence-corrected chi connectivity index (χ3v) is 3.85. The normalized spacial score (nSPS) is 27.1. The van der Waals surface area contributed by atoms with Crippen LogP contribution < -0.4 is 0 Å². The first-order valence-electron chi connectivity index (χ1n) is 8.97. The minimum atomic E-state index is -0.0206. The number of ether oxygens (including phenoxy) is 1. The summed E-state index contributed by atoms with van der Waals surface area (Å²) in [5.74, 6) is -0.0206. The van der Waals surface area contributed by atoms with Gasteiger partial charge in [0.15, 0.2) is 0 Å². The molecule has 124 valence electrons. The number of hydrogen-bond acceptors (Lipinski definition) is 2. The maximum Gasteiger partial charge on any atom is 0.306 e. The Morgan fingerprint density at radius 3 is 2.27 bits per heavy atom. The quantitative estimate of drug-likeness (QED) is 0.469. The predicted octanol–water partition coefficient (Wildman–Crippen LogP) is 5.89. The summed E-state index contributed by atoms with van der Waals surface area (Å²) >= 11 is 0. The molecule has 0 N–H and O–H groups in total. The number of rotatable bonds is 2. The molecule has 1 heterocycles. The van der Waals surface area contributed by atoms with Crippen LogP contribution in [0.4, 0.5) is 0 Å². The zero-order chi connectivity index (χ0) is 15.9. The molecule has 0 saturated heterocycles. The average molecular weight is 304 g/mol. The van der Waals surface area contributed by atoms with Crippen molar-refractivity contribution in [2.24, 2.45) is 0 Å². The van der Waals surface area contributed by atoms with Crippen LogP contribution in [0.3, 0.4) is 0 Å². The number of allylic oxidation sites excluding steroid dienone is 6. The molecule has 0 saturated carbocycles. The average Bonchev–Trinajstić information content (AvgIpc) is 2.50. The van der Waals surface area contributed by atoms with E-state index in [-0.39, 0.29) is 12.1 Å². The molecule has 1 aliphatic heterocycles. The summed E-state index contributed by atoms with van der Waals surface area (Å²) in [4.78, 5) is 11.9. The molecular weight excluding hydrogens is 272 g/mol. The zero-order valence-corrected chi connectivity index (χ0v) is 14.1. The molecule has 0 spiro atoms. The molecule has 0 bridgehead atoms. The maximum atomic E-state index is 11.9. The maximum absolute atomic E-state index is 11.9. The van der Waals surface area contributed by atoms with Crippen LogP contribution >= 0.6 is 0 Å². The summed E-state index contributed by atoms with van der Waals surface area (Å²) in [6, 6.07) is 0. The van der Waals surface area contributed by atoms with Crippen LogP contribution in [0.25, 0.3) is 0 Å². The van der Waals surface area contributed by atoms with Crippen molar-refractivity contribution >= 4 is 5.97 Å². The number of hydrogen-bond donors (Lipinski definition) is 0. The van der Waals surface area contributed by atoms with Crippen LogP contribution in [0.5, 0.6) is 0 Å². The highest BCUT2D eigenvalue weighted by Gasteiger charge is 2.12. The van der Waals surface area contributed by atoms with Crippen molar-refractivity contribution < 1.29 is 9.53 Å². The number of cyclic esters (lactones) is 1. The van der Waals surface area contributed by atoms with Gasteiger partial charge in [0.25, 0.3) is 0 Å². The highest BCUT2D eigenvalue weighted by atomic mass is 16.5. The second-order valence-electron chi connectivity index (χ2n) is 5.96. The molecule has 1 aliphatic rings. The Morgan fingerprint density at radius 2 is 1.59 bits per heavy atom. The van der Waals surface area contributed by atoms with Gasteiger partial charge in [-0.1, -0.05) is 49.8 Å². The minimum absolute atomic E-state index is 0.0206. The van der Waals surface area contributed by atoms with Crippen molar-refractivity contribution in [3.8, 4) is 0 Å². The third kappa shape index (κ3) is 10.4. The molecule has 2 heteroatoms. The lowest BCUT2D eigenvalue weighted by Crippen LogP contribution is -2.18. The fourth-order valence-electron chi connectivity index (χ4n) is 2.61.